The first kappa shape index (κ1) is 19.2. The predicted molar refractivity (Wildman–Crippen MR) is 99.8 cm³/mol. The number of hydrogen-bond acceptors (Lipinski definition) is 4. The molecule has 3 rings (SSSR count). The van der Waals surface area contributed by atoms with E-state index in [0.717, 1.165) is 24.1 Å². The Hall–Kier alpha value is -2.09. The molecule has 1 N–H and O–H groups in total. The van der Waals surface area contributed by atoms with E-state index in [9.17, 15) is 9.59 Å². The van der Waals surface area contributed by atoms with Crippen LogP contribution in [0.5, 0.6) is 0 Å². The molecule has 0 aliphatic carbocycles. The fourth-order valence-corrected chi connectivity index (χ4v) is 3.31. The molecule has 3 heterocycles. The van der Waals surface area contributed by atoms with Gasteiger partial charge in [-0.1, -0.05) is 0 Å². The molecule has 1 saturated heterocycles. The molecule has 0 unspecified atom stereocenters. The topological polar surface area (TPSA) is 88.9 Å². The van der Waals surface area contributed by atoms with Crippen LogP contribution in [-0.4, -0.2) is 42.5 Å². The summed E-state index contributed by atoms with van der Waals surface area (Å²) in [5.74, 6) is 0.680. The molecule has 0 radical (unpaired) electrons. The Labute approximate surface area is 152 Å². The van der Waals surface area contributed by atoms with Crippen LogP contribution in [0.15, 0.2) is 15.9 Å². The van der Waals surface area contributed by atoms with Gasteiger partial charge in [0, 0.05) is 40.2 Å². The van der Waals surface area contributed by atoms with E-state index in [1.165, 1.54) is 30.9 Å². The van der Waals surface area contributed by atoms with Gasteiger partial charge in [0.1, 0.15) is 0 Å². The maximum atomic E-state index is 12.4. The van der Waals surface area contributed by atoms with Gasteiger partial charge >= 0.3 is 5.69 Å². The van der Waals surface area contributed by atoms with Crippen molar-refractivity contribution >= 4 is 29.4 Å². The van der Waals surface area contributed by atoms with Gasteiger partial charge in [-0.15, -0.1) is 12.4 Å². The Morgan fingerprint density at radius 1 is 1.16 bits per heavy atom. The van der Waals surface area contributed by atoms with Gasteiger partial charge in [0.25, 0.3) is 5.56 Å². The molecule has 1 aliphatic rings. The summed E-state index contributed by atoms with van der Waals surface area (Å²) in [7, 11) is 3.10. The smallest absolute Gasteiger partial charge is 0.332 e. The summed E-state index contributed by atoms with van der Waals surface area (Å²) in [6.07, 6.45) is 6.65. The normalized spacial score (nSPS) is 14.6. The number of aryl methyl sites for hydroxylation is 2. The molecule has 25 heavy (non-hydrogen) atoms. The summed E-state index contributed by atoms with van der Waals surface area (Å²) in [4.78, 5) is 30.7. The first-order chi connectivity index (χ1) is 11.5. The third-order valence-corrected chi connectivity index (χ3v) is 4.77. The van der Waals surface area contributed by atoms with Crippen molar-refractivity contribution in [3.05, 3.63) is 27.2 Å². The quantitative estimate of drug-likeness (QED) is 0.646. The number of hydrogen-bond donors (Lipinski definition) is 1. The van der Waals surface area contributed by atoms with E-state index in [0.29, 0.717) is 30.0 Å². The number of aromatic nitrogens is 4. The zero-order chi connectivity index (χ0) is 17.3. The van der Waals surface area contributed by atoms with Crippen LogP contribution in [0.25, 0.3) is 11.2 Å². The van der Waals surface area contributed by atoms with E-state index in [-0.39, 0.29) is 23.7 Å². The number of imidazole rings is 1. The molecule has 9 heteroatoms. The molecule has 1 aliphatic heterocycles. The maximum absolute atomic E-state index is 12.4. The molecule has 1 fully saturated rings. The second-order valence-corrected chi connectivity index (χ2v) is 6.41. The van der Waals surface area contributed by atoms with Gasteiger partial charge in [0.15, 0.2) is 11.2 Å². The summed E-state index contributed by atoms with van der Waals surface area (Å²) < 4.78 is 4.29. The molecule has 138 valence electrons. The molecule has 0 aromatic carbocycles. The molecule has 0 atom stereocenters. The van der Waals surface area contributed by atoms with Crippen LogP contribution in [0, 0.1) is 5.41 Å². The van der Waals surface area contributed by atoms with Gasteiger partial charge < -0.3 is 9.47 Å². The summed E-state index contributed by atoms with van der Waals surface area (Å²) in [5, 5.41) is 8.20. The first-order valence-electron chi connectivity index (χ1n) is 8.44. The summed E-state index contributed by atoms with van der Waals surface area (Å²) in [6, 6.07) is 0. The van der Waals surface area contributed by atoms with Crippen molar-refractivity contribution in [2.24, 2.45) is 14.1 Å². The van der Waals surface area contributed by atoms with Gasteiger partial charge in [-0.3, -0.25) is 19.3 Å². The summed E-state index contributed by atoms with van der Waals surface area (Å²) in [5.41, 5.74) is 0.166. The standard InChI is InChI=1S/C16H24N6O2.ClH/c1-19-14-13(15(23)20(2)16(19)24)22(11-18-14)10-6-7-12(17)21-8-4-3-5-9-21;/h11,17H,3-10H2,1-2H3;1H. The van der Waals surface area contributed by atoms with Crippen molar-refractivity contribution in [3.63, 3.8) is 0 Å². The molecule has 8 nitrogen and oxygen atoms in total. The second-order valence-electron chi connectivity index (χ2n) is 6.41. The number of amidine groups is 1. The van der Waals surface area contributed by atoms with E-state index < -0.39 is 0 Å². The highest BCUT2D eigenvalue weighted by atomic mass is 35.5. The number of piperidine rings is 1. The van der Waals surface area contributed by atoms with Crippen molar-refractivity contribution in [1.82, 2.24) is 23.6 Å². The monoisotopic (exact) mass is 368 g/mol. The highest BCUT2D eigenvalue weighted by molar-refractivity contribution is 5.85. The molecule has 0 spiro atoms. The average Bonchev–Trinajstić information content (AvgIpc) is 3.03. The Kier molecular flexibility index (Phi) is 6.05. The lowest BCUT2D eigenvalue weighted by Gasteiger charge is -2.29. The lowest BCUT2D eigenvalue weighted by Crippen LogP contribution is -2.37. The van der Waals surface area contributed by atoms with Gasteiger partial charge in [0.2, 0.25) is 0 Å². The van der Waals surface area contributed by atoms with E-state index in [2.05, 4.69) is 9.88 Å². The van der Waals surface area contributed by atoms with Crippen molar-refractivity contribution in [1.29, 1.82) is 5.41 Å². The zero-order valence-electron chi connectivity index (χ0n) is 14.7. The Balaban J connectivity index is 0.00000225. The van der Waals surface area contributed by atoms with Crippen molar-refractivity contribution in [3.8, 4) is 0 Å². The van der Waals surface area contributed by atoms with E-state index in [1.54, 1.807) is 17.9 Å². The number of rotatable bonds is 4. The molecular weight excluding hydrogens is 344 g/mol. The van der Waals surface area contributed by atoms with Crippen LogP contribution in [0.2, 0.25) is 0 Å². The average molecular weight is 369 g/mol. The Morgan fingerprint density at radius 2 is 1.84 bits per heavy atom. The van der Waals surface area contributed by atoms with Crippen molar-refractivity contribution < 1.29 is 0 Å². The number of likely N-dealkylation sites (tertiary alicyclic amines) is 1. The second kappa shape index (κ2) is 7.86. The first-order valence-corrected chi connectivity index (χ1v) is 8.44. The summed E-state index contributed by atoms with van der Waals surface area (Å²) >= 11 is 0. The molecule has 0 amide bonds. The molecule has 2 aromatic heterocycles. The van der Waals surface area contributed by atoms with Crippen LogP contribution < -0.4 is 11.2 Å². The highest BCUT2D eigenvalue weighted by Crippen LogP contribution is 2.12. The number of nitrogens with one attached hydrogen (secondary N) is 1. The van der Waals surface area contributed by atoms with Crippen molar-refractivity contribution in [2.75, 3.05) is 13.1 Å². The SMILES string of the molecule is Cl.Cn1c(=O)c2c(ncn2CCCC(=N)N2CCCCC2)n(C)c1=O. The summed E-state index contributed by atoms with van der Waals surface area (Å²) in [6.45, 7) is 2.57. The zero-order valence-corrected chi connectivity index (χ0v) is 15.5. The van der Waals surface area contributed by atoms with E-state index in [4.69, 9.17) is 5.41 Å². The molecule has 0 bridgehead atoms. The van der Waals surface area contributed by atoms with Gasteiger partial charge in [0.05, 0.1) is 12.2 Å². The number of halogens is 1. The van der Waals surface area contributed by atoms with Gasteiger partial charge in [-0.2, -0.15) is 0 Å². The lowest BCUT2D eigenvalue weighted by atomic mass is 10.1. The highest BCUT2D eigenvalue weighted by Gasteiger charge is 2.15. The lowest BCUT2D eigenvalue weighted by molar-refractivity contribution is 0.333. The minimum atomic E-state index is -0.371. The van der Waals surface area contributed by atoms with Crippen LogP contribution >= 0.6 is 12.4 Å². The van der Waals surface area contributed by atoms with Crippen molar-refractivity contribution in [2.45, 2.75) is 38.6 Å². The minimum absolute atomic E-state index is 0. The number of fused-ring (bicyclic) bond motifs is 1. The fraction of sp³-hybridized carbons (Fsp3) is 0.625. The Bertz CT molecular complexity index is 875. The minimum Gasteiger partial charge on any atom is -0.361 e. The fourth-order valence-electron chi connectivity index (χ4n) is 3.31. The van der Waals surface area contributed by atoms with E-state index in [1.807, 2.05) is 0 Å². The molecular formula is C16H25ClN6O2. The van der Waals surface area contributed by atoms with Crippen LogP contribution in [0.3, 0.4) is 0 Å². The van der Waals surface area contributed by atoms with Gasteiger partial charge in [-0.05, 0) is 25.7 Å². The third-order valence-electron chi connectivity index (χ3n) is 4.77. The Morgan fingerprint density at radius 3 is 2.52 bits per heavy atom. The maximum Gasteiger partial charge on any atom is 0.332 e. The van der Waals surface area contributed by atoms with Crippen LogP contribution in [0.1, 0.15) is 32.1 Å². The molecule has 2 aromatic rings. The number of nitrogens with zero attached hydrogens (tertiary/aromatic N) is 5. The molecule has 0 saturated carbocycles. The van der Waals surface area contributed by atoms with Crippen LogP contribution in [-0.2, 0) is 20.6 Å². The third kappa shape index (κ3) is 3.63. The predicted octanol–water partition coefficient (Wildman–Crippen LogP) is 1.10. The van der Waals surface area contributed by atoms with E-state index >= 15 is 0 Å². The van der Waals surface area contributed by atoms with Gasteiger partial charge in [-0.25, -0.2) is 9.78 Å². The van der Waals surface area contributed by atoms with Crippen LogP contribution in [0.4, 0.5) is 0 Å². The largest absolute Gasteiger partial charge is 0.361 e.